The van der Waals surface area contributed by atoms with Crippen LogP contribution in [0, 0.1) is 15.2 Å². The van der Waals surface area contributed by atoms with E-state index in [0.29, 0.717) is 0 Å². The molecule has 0 aliphatic carbocycles. The lowest BCUT2D eigenvalue weighted by Gasteiger charge is -2.19. The molecular weight excluding hydrogens is 429 g/mol. The summed E-state index contributed by atoms with van der Waals surface area (Å²) in [6, 6.07) is 8.31. The highest BCUT2D eigenvalue weighted by atomic mass is 127. The molecule has 1 unspecified atom stereocenters. The van der Waals surface area contributed by atoms with Crippen molar-refractivity contribution < 1.29 is 8.78 Å². The van der Waals surface area contributed by atoms with Crippen LogP contribution in [0.5, 0.6) is 0 Å². The van der Waals surface area contributed by atoms with Gasteiger partial charge in [0.2, 0.25) is 0 Å². The van der Waals surface area contributed by atoms with Crippen LogP contribution in [0.2, 0.25) is 0 Å². The molecule has 0 bridgehead atoms. The van der Waals surface area contributed by atoms with Crippen LogP contribution in [0.1, 0.15) is 17.2 Å². The fraction of sp³-hybridized carbons (Fsp3) is 0.0769. The van der Waals surface area contributed by atoms with Crippen molar-refractivity contribution in [3.63, 3.8) is 0 Å². The highest BCUT2D eigenvalue weighted by Gasteiger charge is 2.20. The maximum absolute atomic E-state index is 13.8. The van der Waals surface area contributed by atoms with Crippen LogP contribution in [0.15, 0.2) is 40.9 Å². The first-order valence-corrected chi connectivity index (χ1v) is 7.26. The normalized spacial score (nSPS) is 12.5. The highest BCUT2D eigenvalue weighted by Crippen LogP contribution is 2.31. The van der Waals surface area contributed by atoms with Crippen molar-refractivity contribution in [1.82, 2.24) is 5.43 Å². The minimum atomic E-state index is -0.625. The molecule has 0 spiro atoms. The van der Waals surface area contributed by atoms with Crippen molar-refractivity contribution in [1.29, 1.82) is 0 Å². The average molecular weight is 439 g/mol. The largest absolute Gasteiger partial charge is 0.271 e. The Labute approximate surface area is 131 Å². The first-order valence-electron chi connectivity index (χ1n) is 5.39. The molecule has 0 amide bonds. The Morgan fingerprint density at radius 1 is 1.11 bits per heavy atom. The monoisotopic (exact) mass is 438 g/mol. The van der Waals surface area contributed by atoms with E-state index in [-0.39, 0.29) is 5.56 Å². The van der Waals surface area contributed by atoms with E-state index in [0.717, 1.165) is 31.8 Å². The van der Waals surface area contributed by atoms with Gasteiger partial charge in [0.1, 0.15) is 11.6 Å². The molecule has 0 aromatic heterocycles. The van der Waals surface area contributed by atoms with Gasteiger partial charge in [0.25, 0.3) is 0 Å². The van der Waals surface area contributed by atoms with Gasteiger partial charge in [-0.25, -0.2) is 14.2 Å². The summed E-state index contributed by atoms with van der Waals surface area (Å²) < 4.78 is 28.9. The number of nitrogens with one attached hydrogen (secondary N) is 1. The number of hydrazine groups is 1. The van der Waals surface area contributed by atoms with E-state index >= 15 is 0 Å². The van der Waals surface area contributed by atoms with Crippen molar-refractivity contribution in [3.05, 3.63) is 67.2 Å². The number of benzene rings is 2. The number of halogens is 4. The van der Waals surface area contributed by atoms with Crippen LogP contribution < -0.4 is 11.3 Å². The SMILES string of the molecule is NNC(c1cc(F)ccc1F)c1cc(I)ccc1Br. The molecule has 0 saturated heterocycles. The maximum atomic E-state index is 13.8. The van der Waals surface area contributed by atoms with Crippen LogP contribution in [0.4, 0.5) is 8.78 Å². The zero-order valence-corrected chi connectivity index (χ0v) is 13.4. The van der Waals surface area contributed by atoms with Crippen molar-refractivity contribution in [2.24, 2.45) is 5.84 Å². The summed E-state index contributed by atoms with van der Waals surface area (Å²) >= 11 is 5.55. The first-order chi connectivity index (χ1) is 9.02. The molecule has 2 nitrogen and oxygen atoms in total. The third kappa shape index (κ3) is 3.31. The fourth-order valence-corrected chi connectivity index (χ4v) is 2.81. The van der Waals surface area contributed by atoms with E-state index in [1.807, 2.05) is 18.2 Å². The molecule has 0 fully saturated rings. The molecule has 2 aromatic rings. The molecule has 2 rings (SSSR count). The van der Waals surface area contributed by atoms with Crippen molar-refractivity contribution >= 4 is 38.5 Å². The van der Waals surface area contributed by atoms with Gasteiger partial charge in [-0.15, -0.1) is 0 Å². The van der Waals surface area contributed by atoms with Crippen molar-refractivity contribution in [2.75, 3.05) is 0 Å². The Morgan fingerprint density at radius 2 is 1.84 bits per heavy atom. The maximum Gasteiger partial charge on any atom is 0.128 e. The zero-order valence-electron chi connectivity index (χ0n) is 9.63. The molecule has 6 heteroatoms. The van der Waals surface area contributed by atoms with Gasteiger partial charge in [-0.2, -0.15) is 0 Å². The Bertz CT molecular complexity index is 556. The summed E-state index contributed by atoms with van der Waals surface area (Å²) in [6.45, 7) is 0. The molecule has 19 heavy (non-hydrogen) atoms. The standard InChI is InChI=1S/C13H10BrF2IN2/c14-11-3-2-8(17)6-9(11)13(19-18)10-5-7(15)1-4-12(10)16/h1-6,13,19H,18H2. The molecular formula is C13H10BrF2IN2. The van der Waals surface area contributed by atoms with Crippen LogP contribution in [-0.2, 0) is 0 Å². The third-order valence-corrected chi connectivity index (χ3v) is 4.10. The second-order valence-electron chi connectivity index (χ2n) is 3.93. The Hall–Kier alpha value is -0.570. The lowest BCUT2D eigenvalue weighted by atomic mass is 9.99. The van der Waals surface area contributed by atoms with E-state index in [1.165, 1.54) is 0 Å². The van der Waals surface area contributed by atoms with Gasteiger partial charge < -0.3 is 0 Å². The van der Waals surface area contributed by atoms with Gasteiger partial charge in [-0.05, 0) is 64.6 Å². The molecule has 3 N–H and O–H groups in total. The second-order valence-corrected chi connectivity index (χ2v) is 6.03. The Kier molecular flexibility index (Phi) is 4.88. The van der Waals surface area contributed by atoms with E-state index < -0.39 is 17.7 Å². The quantitative estimate of drug-likeness (QED) is 0.433. The van der Waals surface area contributed by atoms with E-state index in [2.05, 4.69) is 43.9 Å². The number of hydrogen-bond acceptors (Lipinski definition) is 2. The van der Waals surface area contributed by atoms with E-state index in [9.17, 15) is 8.78 Å². The number of rotatable bonds is 3. The fourth-order valence-electron chi connectivity index (χ4n) is 1.82. The molecule has 100 valence electrons. The van der Waals surface area contributed by atoms with Crippen molar-refractivity contribution in [2.45, 2.75) is 6.04 Å². The minimum absolute atomic E-state index is 0.171. The molecule has 0 aliphatic rings. The van der Waals surface area contributed by atoms with E-state index in [1.54, 1.807) is 0 Å². The second kappa shape index (κ2) is 6.25. The molecule has 0 aliphatic heterocycles. The van der Waals surface area contributed by atoms with Crippen molar-refractivity contribution in [3.8, 4) is 0 Å². The summed E-state index contributed by atoms with van der Waals surface area (Å²) in [5, 5.41) is 0. The lowest BCUT2D eigenvalue weighted by molar-refractivity contribution is 0.544. The first kappa shape index (κ1) is 14.8. The molecule has 2 aromatic carbocycles. The van der Waals surface area contributed by atoms with Gasteiger partial charge in [0.05, 0.1) is 6.04 Å². The van der Waals surface area contributed by atoms with Crippen LogP contribution in [0.25, 0.3) is 0 Å². The topological polar surface area (TPSA) is 38.0 Å². The molecule has 0 radical (unpaired) electrons. The summed E-state index contributed by atoms with van der Waals surface area (Å²) in [4.78, 5) is 0. The van der Waals surface area contributed by atoms with Crippen LogP contribution in [-0.4, -0.2) is 0 Å². The summed E-state index contributed by atoms with van der Waals surface area (Å²) in [5.74, 6) is 4.51. The van der Waals surface area contributed by atoms with Crippen LogP contribution in [0.3, 0.4) is 0 Å². The third-order valence-electron chi connectivity index (χ3n) is 2.70. The summed E-state index contributed by atoms with van der Waals surface area (Å²) in [6.07, 6.45) is 0. The predicted molar refractivity (Wildman–Crippen MR) is 82.4 cm³/mol. The highest BCUT2D eigenvalue weighted by molar-refractivity contribution is 14.1. The minimum Gasteiger partial charge on any atom is -0.271 e. The molecule has 1 atom stereocenters. The molecule has 0 saturated carbocycles. The van der Waals surface area contributed by atoms with Gasteiger partial charge in [0.15, 0.2) is 0 Å². The number of hydrogen-bond donors (Lipinski definition) is 2. The zero-order chi connectivity index (χ0) is 14.0. The van der Waals surface area contributed by atoms with Gasteiger partial charge in [-0.3, -0.25) is 5.84 Å². The predicted octanol–water partition coefficient (Wildman–Crippen LogP) is 3.88. The Balaban J connectivity index is 2.55. The Morgan fingerprint density at radius 3 is 2.53 bits per heavy atom. The van der Waals surface area contributed by atoms with Gasteiger partial charge >= 0.3 is 0 Å². The van der Waals surface area contributed by atoms with Gasteiger partial charge in [-0.1, -0.05) is 15.9 Å². The summed E-state index contributed by atoms with van der Waals surface area (Å²) in [7, 11) is 0. The lowest BCUT2D eigenvalue weighted by Crippen LogP contribution is -2.30. The van der Waals surface area contributed by atoms with Gasteiger partial charge in [0, 0.05) is 13.6 Å². The number of nitrogens with two attached hydrogens (primary N) is 1. The van der Waals surface area contributed by atoms with E-state index in [4.69, 9.17) is 5.84 Å². The average Bonchev–Trinajstić information content (AvgIpc) is 2.38. The van der Waals surface area contributed by atoms with Crippen LogP contribution >= 0.6 is 38.5 Å². The smallest absolute Gasteiger partial charge is 0.128 e. The molecule has 0 heterocycles. The summed E-state index contributed by atoms with van der Waals surface area (Å²) in [5.41, 5.74) is 3.45.